The van der Waals surface area contributed by atoms with E-state index in [0.29, 0.717) is 43.6 Å². The van der Waals surface area contributed by atoms with Crippen LogP contribution in [0.4, 0.5) is 0 Å². The standard InChI is InChI=1S/C21H28N2O4/c1-16(25)17-5-2-3-6-18(17)20(27)22-12-9-21(10-13-22)8-7-19(26)23(15-21)11-4-14-24/h2-3,5-6,24H,4,7-15H2,1H3. The zero-order chi connectivity index (χ0) is 19.4. The largest absolute Gasteiger partial charge is 0.396 e. The molecule has 6 heteroatoms. The minimum absolute atomic E-state index is 0.0697. The van der Waals surface area contributed by atoms with Gasteiger partial charge in [-0.05, 0) is 44.1 Å². The number of ketones is 1. The van der Waals surface area contributed by atoms with E-state index in [1.54, 1.807) is 24.3 Å². The van der Waals surface area contributed by atoms with E-state index in [0.717, 1.165) is 25.8 Å². The SMILES string of the molecule is CC(=O)c1ccccc1C(=O)N1CCC2(CCC(=O)N(CCCO)C2)CC1. The number of hydrogen-bond acceptors (Lipinski definition) is 4. The van der Waals surface area contributed by atoms with Crippen LogP contribution in [-0.2, 0) is 4.79 Å². The van der Waals surface area contributed by atoms with Gasteiger partial charge in [0.15, 0.2) is 5.78 Å². The first-order valence-corrected chi connectivity index (χ1v) is 9.74. The Morgan fingerprint density at radius 3 is 2.41 bits per heavy atom. The van der Waals surface area contributed by atoms with Crippen molar-refractivity contribution < 1.29 is 19.5 Å². The number of carbonyl (C=O) groups excluding carboxylic acids is 3. The lowest BCUT2D eigenvalue weighted by atomic mass is 9.72. The molecule has 6 nitrogen and oxygen atoms in total. The van der Waals surface area contributed by atoms with Crippen molar-refractivity contribution in [3.8, 4) is 0 Å². The van der Waals surface area contributed by atoms with Gasteiger partial charge in [0.05, 0.1) is 5.56 Å². The summed E-state index contributed by atoms with van der Waals surface area (Å²) < 4.78 is 0. The fraction of sp³-hybridized carbons (Fsp3) is 0.571. The molecule has 1 aromatic carbocycles. The van der Waals surface area contributed by atoms with Crippen molar-refractivity contribution in [2.75, 3.05) is 32.8 Å². The number of rotatable bonds is 5. The molecule has 0 aliphatic carbocycles. The van der Waals surface area contributed by atoms with E-state index in [9.17, 15) is 14.4 Å². The van der Waals surface area contributed by atoms with Gasteiger partial charge >= 0.3 is 0 Å². The van der Waals surface area contributed by atoms with E-state index in [1.807, 2.05) is 9.80 Å². The van der Waals surface area contributed by atoms with Gasteiger partial charge in [0, 0.05) is 44.8 Å². The molecular weight excluding hydrogens is 344 g/mol. The molecule has 2 aliphatic rings. The zero-order valence-corrected chi connectivity index (χ0v) is 15.9. The van der Waals surface area contributed by atoms with Crippen molar-refractivity contribution >= 4 is 17.6 Å². The molecule has 0 bridgehead atoms. The van der Waals surface area contributed by atoms with E-state index in [-0.39, 0.29) is 29.6 Å². The van der Waals surface area contributed by atoms with E-state index >= 15 is 0 Å². The number of carbonyl (C=O) groups is 3. The molecule has 2 aliphatic heterocycles. The second-order valence-electron chi connectivity index (χ2n) is 7.79. The molecule has 0 saturated carbocycles. The maximum atomic E-state index is 12.9. The average Bonchev–Trinajstić information content (AvgIpc) is 2.69. The number of amides is 2. The summed E-state index contributed by atoms with van der Waals surface area (Å²) in [6.45, 7) is 4.19. The highest BCUT2D eigenvalue weighted by Crippen LogP contribution is 2.40. The Morgan fingerprint density at radius 1 is 1.11 bits per heavy atom. The fourth-order valence-electron chi connectivity index (χ4n) is 4.31. The van der Waals surface area contributed by atoms with Crippen LogP contribution in [0.25, 0.3) is 0 Å². The minimum atomic E-state index is -0.0993. The number of likely N-dealkylation sites (tertiary alicyclic amines) is 2. The van der Waals surface area contributed by atoms with Crippen LogP contribution in [0.5, 0.6) is 0 Å². The molecule has 3 rings (SSSR count). The second-order valence-corrected chi connectivity index (χ2v) is 7.79. The quantitative estimate of drug-likeness (QED) is 0.803. The highest BCUT2D eigenvalue weighted by atomic mass is 16.3. The van der Waals surface area contributed by atoms with Gasteiger partial charge in [-0.25, -0.2) is 0 Å². The predicted molar refractivity (Wildman–Crippen MR) is 102 cm³/mol. The number of nitrogens with zero attached hydrogens (tertiary/aromatic N) is 2. The summed E-state index contributed by atoms with van der Waals surface area (Å²) in [6.07, 6.45) is 3.75. The van der Waals surface area contributed by atoms with Gasteiger partial charge < -0.3 is 14.9 Å². The first-order valence-electron chi connectivity index (χ1n) is 9.74. The van der Waals surface area contributed by atoms with Crippen LogP contribution in [0.15, 0.2) is 24.3 Å². The van der Waals surface area contributed by atoms with Gasteiger partial charge in [-0.2, -0.15) is 0 Å². The van der Waals surface area contributed by atoms with Crippen molar-refractivity contribution in [3.05, 3.63) is 35.4 Å². The first kappa shape index (κ1) is 19.5. The van der Waals surface area contributed by atoms with Gasteiger partial charge in [0.1, 0.15) is 0 Å². The van der Waals surface area contributed by atoms with Crippen LogP contribution in [0.2, 0.25) is 0 Å². The van der Waals surface area contributed by atoms with E-state index in [2.05, 4.69) is 0 Å². The number of benzene rings is 1. The lowest BCUT2D eigenvalue weighted by molar-refractivity contribution is -0.139. The molecule has 1 aromatic rings. The summed E-state index contributed by atoms with van der Waals surface area (Å²) in [5, 5.41) is 9.04. The van der Waals surface area contributed by atoms with Crippen molar-refractivity contribution in [3.63, 3.8) is 0 Å². The van der Waals surface area contributed by atoms with Crippen LogP contribution in [0, 0.1) is 5.41 Å². The van der Waals surface area contributed by atoms with E-state index in [1.165, 1.54) is 6.92 Å². The van der Waals surface area contributed by atoms with Crippen LogP contribution in [0.3, 0.4) is 0 Å². The highest BCUT2D eigenvalue weighted by molar-refractivity contribution is 6.07. The Balaban J connectivity index is 1.66. The number of piperidine rings is 2. The third kappa shape index (κ3) is 4.21. The molecular formula is C21H28N2O4. The average molecular weight is 372 g/mol. The molecule has 1 N–H and O–H groups in total. The van der Waals surface area contributed by atoms with Gasteiger partial charge in [0.25, 0.3) is 5.91 Å². The topological polar surface area (TPSA) is 77.9 Å². The summed E-state index contributed by atoms with van der Waals surface area (Å²) >= 11 is 0. The molecule has 0 aromatic heterocycles. The molecule has 146 valence electrons. The Bertz CT molecular complexity index is 723. The fourth-order valence-corrected chi connectivity index (χ4v) is 4.31. The summed E-state index contributed by atoms with van der Waals surface area (Å²) in [5.74, 6) is -0.0135. The highest BCUT2D eigenvalue weighted by Gasteiger charge is 2.41. The number of hydrogen-bond donors (Lipinski definition) is 1. The van der Waals surface area contributed by atoms with Gasteiger partial charge in [0.2, 0.25) is 5.91 Å². The monoisotopic (exact) mass is 372 g/mol. The normalized spacial score (nSPS) is 19.4. The number of Topliss-reactive ketones (excluding diaryl/α,β-unsaturated/α-hetero) is 1. The van der Waals surface area contributed by atoms with E-state index in [4.69, 9.17) is 5.11 Å². The molecule has 27 heavy (non-hydrogen) atoms. The molecule has 2 heterocycles. The lowest BCUT2D eigenvalue weighted by Gasteiger charge is -2.47. The maximum Gasteiger partial charge on any atom is 0.254 e. The van der Waals surface area contributed by atoms with Crippen LogP contribution >= 0.6 is 0 Å². The van der Waals surface area contributed by atoms with Crippen LogP contribution < -0.4 is 0 Å². The predicted octanol–water partition coefficient (Wildman–Crippen LogP) is 2.12. The second kappa shape index (κ2) is 8.21. The summed E-state index contributed by atoms with van der Waals surface area (Å²) in [5.41, 5.74) is 1.02. The van der Waals surface area contributed by atoms with Crippen LogP contribution in [-0.4, -0.2) is 65.3 Å². The molecule has 2 amide bonds. The molecule has 0 radical (unpaired) electrons. The Kier molecular flexibility index (Phi) is 5.95. The first-order chi connectivity index (χ1) is 13.0. The molecule has 1 spiro atoms. The molecule has 2 fully saturated rings. The van der Waals surface area contributed by atoms with Crippen molar-refractivity contribution in [2.45, 2.75) is 39.0 Å². The summed E-state index contributed by atoms with van der Waals surface area (Å²) in [4.78, 5) is 40.6. The van der Waals surface area contributed by atoms with Crippen LogP contribution in [0.1, 0.15) is 59.7 Å². The zero-order valence-electron chi connectivity index (χ0n) is 15.9. The third-order valence-electron chi connectivity index (χ3n) is 5.98. The Labute approximate surface area is 160 Å². The number of aliphatic hydroxyl groups excluding tert-OH is 1. The van der Waals surface area contributed by atoms with Gasteiger partial charge in [-0.15, -0.1) is 0 Å². The van der Waals surface area contributed by atoms with Gasteiger partial charge in [-0.3, -0.25) is 14.4 Å². The lowest BCUT2D eigenvalue weighted by Crippen LogP contribution is -2.52. The smallest absolute Gasteiger partial charge is 0.254 e. The number of aliphatic hydroxyl groups is 1. The van der Waals surface area contributed by atoms with Gasteiger partial charge in [-0.1, -0.05) is 18.2 Å². The maximum absolute atomic E-state index is 12.9. The molecule has 2 saturated heterocycles. The van der Waals surface area contributed by atoms with E-state index < -0.39 is 0 Å². The van der Waals surface area contributed by atoms with Crippen molar-refractivity contribution in [1.29, 1.82) is 0 Å². The Hall–Kier alpha value is -2.21. The molecule has 0 unspecified atom stereocenters. The summed E-state index contributed by atoms with van der Waals surface area (Å²) in [6, 6.07) is 6.99. The van der Waals surface area contributed by atoms with Crippen molar-refractivity contribution in [2.24, 2.45) is 5.41 Å². The Morgan fingerprint density at radius 2 is 1.78 bits per heavy atom. The summed E-state index contributed by atoms with van der Waals surface area (Å²) in [7, 11) is 0. The third-order valence-corrected chi connectivity index (χ3v) is 5.98. The minimum Gasteiger partial charge on any atom is -0.396 e. The molecule has 0 atom stereocenters. The van der Waals surface area contributed by atoms with Crippen molar-refractivity contribution in [1.82, 2.24) is 9.80 Å².